The van der Waals surface area contributed by atoms with Crippen molar-refractivity contribution in [3.05, 3.63) is 65.2 Å². The summed E-state index contributed by atoms with van der Waals surface area (Å²) in [4.78, 5) is 0. The Morgan fingerprint density at radius 1 is 0.969 bits per heavy atom. The van der Waals surface area contributed by atoms with Crippen LogP contribution in [0.15, 0.2) is 48.5 Å². The number of methoxy groups -OCH3 is 3. The number of rotatable bonds is 6. The average Bonchev–Trinajstić information content (AvgIpc) is 2.76. The molecule has 0 bridgehead atoms. The van der Waals surface area contributed by atoms with Gasteiger partial charge in [0.25, 0.3) is 0 Å². The second-order valence-corrected chi connectivity index (χ2v) is 8.95. The Balaban J connectivity index is 1.94. The van der Waals surface area contributed by atoms with Gasteiger partial charge in [0.05, 0.1) is 32.6 Å². The average molecular weight is 458 g/mol. The van der Waals surface area contributed by atoms with Crippen molar-refractivity contribution in [1.29, 1.82) is 0 Å². The summed E-state index contributed by atoms with van der Waals surface area (Å²) in [6.45, 7) is 0. The molecule has 0 fully saturated rings. The van der Waals surface area contributed by atoms with Gasteiger partial charge in [-0.15, -0.1) is 0 Å². The third kappa shape index (κ3) is 3.92. The number of sulfonamides is 1. The van der Waals surface area contributed by atoms with E-state index in [4.69, 9.17) is 24.1 Å². The van der Waals surface area contributed by atoms with E-state index in [1.807, 2.05) is 12.1 Å². The molecule has 0 radical (unpaired) electrons. The lowest BCUT2D eigenvalue weighted by Gasteiger charge is -2.31. The molecule has 1 aliphatic heterocycles. The van der Waals surface area contributed by atoms with E-state index >= 15 is 0 Å². The summed E-state index contributed by atoms with van der Waals surface area (Å²) >= 11 is 0. The number of nitrogens with two attached hydrogens (primary N) is 1. The van der Waals surface area contributed by atoms with Crippen molar-refractivity contribution >= 4 is 10.0 Å². The second kappa shape index (κ2) is 8.25. The van der Waals surface area contributed by atoms with Gasteiger partial charge in [-0.25, -0.2) is 13.6 Å². The minimum Gasteiger partial charge on any atom is -0.504 e. The molecule has 3 aromatic carbocycles. The van der Waals surface area contributed by atoms with Crippen LogP contribution in [0.5, 0.6) is 28.7 Å². The number of fused-ring (bicyclic) bond motifs is 3. The molecule has 1 unspecified atom stereocenters. The summed E-state index contributed by atoms with van der Waals surface area (Å²) in [6, 6.07) is 13.8. The largest absolute Gasteiger partial charge is 0.504 e. The minimum atomic E-state index is -3.73. The maximum Gasteiger partial charge on any atom is 0.213 e. The van der Waals surface area contributed by atoms with Crippen LogP contribution in [0.4, 0.5) is 0 Å². The highest BCUT2D eigenvalue weighted by atomic mass is 32.2. The summed E-state index contributed by atoms with van der Waals surface area (Å²) in [6.07, 6.45) is -0.577. The Labute approximate surface area is 186 Å². The summed E-state index contributed by atoms with van der Waals surface area (Å²) in [5, 5.41) is 15.6. The van der Waals surface area contributed by atoms with Crippen LogP contribution in [-0.2, 0) is 15.8 Å². The number of phenols is 1. The summed E-state index contributed by atoms with van der Waals surface area (Å²) in [5.74, 6) is 1.55. The SMILES string of the molecule is COc1ccc(C2Oc3ccc(O)c(OC)c3-c3ccc(CS(N)(=O)=O)cc32)cc1OC. The molecule has 4 rings (SSSR count). The van der Waals surface area contributed by atoms with E-state index < -0.39 is 16.1 Å². The number of benzene rings is 3. The van der Waals surface area contributed by atoms with Gasteiger partial charge in [0.15, 0.2) is 23.0 Å². The smallest absolute Gasteiger partial charge is 0.213 e. The van der Waals surface area contributed by atoms with Crippen molar-refractivity contribution in [2.24, 2.45) is 5.14 Å². The molecule has 0 saturated carbocycles. The van der Waals surface area contributed by atoms with Crippen molar-refractivity contribution < 1.29 is 32.5 Å². The van der Waals surface area contributed by atoms with Crippen molar-refractivity contribution in [1.82, 2.24) is 0 Å². The summed E-state index contributed by atoms with van der Waals surface area (Å²) < 4.78 is 45.9. The zero-order valence-corrected chi connectivity index (χ0v) is 18.6. The normalized spacial score (nSPS) is 14.7. The van der Waals surface area contributed by atoms with Crippen molar-refractivity contribution in [2.45, 2.75) is 11.9 Å². The van der Waals surface area contributed by atoms with Crippen LogP contribution < -0.4 is 24.1 Å². The zero-order chi connectivity index (χ0) is 23.0. The summed E-state index contributed by atoms with van der Waals surface area (Å²) in [5.41, 5.74) is 3.32. The van der Waals surface area contributed by atoms with Crippen LogP contribution in [0.1, 0.15) is 22.8 Å². The highest BCUT2D eigenvalue weighted by Crippen LogP contribution is 2.52. The second-order valence-electron chi connectivity index (χ2n) is 7.33. The first kappa shape index (κ1) is 21.8. The maximum absolute atomic E-state index is 11.7. The molecule has 1 aliphatic rings. The molecule has 0 aliphatic carbocycles. The molecular weight excluding hydrogens is 434 g/mol. The predicted molar refractivity (Wildman–Crippen MR) is 119 cm³/mol. The molecule has 9 heteroatoms. The van der Waals surface area contributed by atoms with Crippen LogP contribution >= 0.6 is 0 Å². The molecule has 8 nitrogen and oxygen atoms in total. The van der Waals surface area contributed by atoms with E-state index in [-0.39, 0.29) is 17.3 Å². The molecular formula is C23H23NO7S. The van der Waals surface area contributed by atoms with Crippen LogP contribution in [0.3, 0.4) is 0 Å². The van der Waals surface area contributed by atoms with E-state index in [9.17, 15) is 13.5 Å². The Kier molecular flexibility index (Phi) is 5.62. The Morgan fingerprint density at radius 3 is 2.38 bits per heavy atom. The van der Waals surface area contributed by atoms with Crippen molar-refractivity contribution in [2.75, 3.05) is 21.3 Å². The standard InChI is InChI=1S/C23H23NO7S/c1-28-18-8-5-14(11-20(18)29-2)22-16-10-13(12-32(24,26)27)4-6-15(16)21-19(31-22)9-7-17(25)23(21)30-3/h4-11,22,25H,12H2,1-3H3,(H2,24,26,27). The third-order valence-electron chi connectivity index (χ3n) is 5.29. The van der Waals surface area contributed by atoms with Gasteiger partial charge < -0.3 is 24.1 Å². The molecule has 32 heavy (non-hydrogen) atoms. The number of hydrogen-bond donors (Lipinski definition) is 2. The molecule has 3 aromatic rings. The quantitative estimate of drug-likeness (QED) is 0.583. The highest BCUT2D eigenvalue weighted by molar-refractivity contribution is 7.88. The van der Waals surface area contributed by atoms with Gasteiger partial charge in [-0.2, -0.15) is 0 Å². The van der Waals surface area contributed by atoms with Crippen LogP contribution in [0.2, 0.25) is 0 Å². The monoisotopic (exact) mass is 457 g/mol. The van der Waals surface area contributed by atoms with Crippen molar-refractivity contribution in [3.8, 4) is 39.9 Å². The Hall–Kier alpha value is -3.43. The molecule has 168 valence electrons. The Morgan fingerprint density at radius 2 is 1.72 bits per heavy atom. The van der Waals surface area contributed by atoms with E-state index in [1.54, 1.807) is 44.6 Å². The molecule has 0 amide bonds. The molecule has 0 saturated heterocycles. The molecule has 3 N–H and O–H groups in total. The molecule has 0 aromatic heterocycles. The first-order valence-corrected chi connectivity index (χ1v) is 11.4. The topological polar surface area (TPSA) is 117 Å². The van der Waals surface area contributed by atoms with Gasteiger partial charge in [-0.1, -0.05) is 24.3 Å². The predicted octanol–water partition coefficient (Wildman–Crippen LogP) is 3.36. The van der Waals surface area contributed by atoms with E-state index in [1.165, 1.54) is 13.2 Å². The van der Waals surface area contributed by atoms with Crippen LogP contribution in [-0.4, -0.2) is 34.9 Å². The van der Waals surface area contributed by atoms with E-state index in [0.717, 1.165) is 11.1 Å². The first-order valence-electron chi connectivity index (χ1n) is 9.68. The fourth-order valence-corrected chi connectivity index (χ4v) is 4.59. The first-order chi connectivity index (χ1) is 15.3. The fourth-order valence-electron chi connectivity index (χ4n) is 3.95. The Bertz CT molecular complexity index is 1290. The third-order valence-corrected chi connectivity index (χ3v) is 6.03. The molecule has 1 heterocycles. The van der Waals surface area contributed by atoms with Crippen LogP contribution in [0.25, 0.3) is 11.1 Å². The van der Waals surface area contributed by atoms with Gasteiger partial charge in [0.2, 0.25) is 10.0 Å². The summed E-state index contributed by atoms with van der Waals surface area (Å²) in [7, 11) is 0.836. The van der Waals surface area contributed by atoms with Gasteiger partial charge in [-0.05, 0) is 35.4 Å². The number of primary sulfonamides is 1. The zero-order valence-electron chi connectivity index (χ0n) is 17.8. The van der Waals surface area contributed by atoms with Crippen LogP contribution in [0, 0.1) is 0 Å². The maximum atomic E-state index is 11.7. The molecule has 1 atom stereocenters. The lowest BCUT2D eigenvalue weighted by molar-refractivity contribution is 0.240. The van der Waals surface area contributed by atoms with E-state index in [0.29, 0.717) is 33.9 Å². The van der Waals surface area contributed by atoms with Gasteiger partial charge in [0.1, 0.15) is 11.9 Å². The minimum absolute atomic E-state index is 0.0287. The molecule has 0 spiro atoms. The lowest BCUT2D eigenvalue weighted by Crippen LogP contribution is -2.18. The number of ether oxygens (including phenoxy) is 4. The lowest BCUT2D eigenvalue weighted by atomic mass is 9.88. The number of hydrogen-bond acceptors (Lipinski definition) is 7. The fraction of sp³-hybridized carbons (Fsp3) is 0.217. The number of phenolic OH excluding ortho intramolecular Hbond substituents is 1. The van der Waals surface area contributed by atoms with Gasteiger partial charge >= 0.3 is 0 Å². The van der Waals surface area contributed by atoms with Crippen molar-refractivity contribution in [3.63, 3.8) is 0 Å². The van der Waals surface area contributed by atoms with Gasteiger partial charge in [0, 0.05) is 11.1 Å². The number of aromatic hydroxyl groups is 1. The highest BCUT2D eigenvalue weighted by Gasteiger charge is 2.32. The van der Waals surface area contributed by atoms with E-state index in [2.05, 4.69) is 0 Å². The van der Waals surface area contributed by atoms with Gasteiger partial charge in [-0.3, -0.25) is 0 Å².